The molecule has 1 aliphatic rings. The first-order chi connectivity index (χ1) is 14.0. The molecule has 6 nitrogen and oxygen atoms in total. The number of rotatable bonds is 6. The van der Waals surface area contributed by atoms with Crippen molar-refractivity contribution in [3.8, 4) is 0 Å². The first-order valence-corrected chi connectivity index (χ1v) is 9.54. The summed E-state index contributed by atoms with van der Waals surface area (Å²) in [4.78, 5) is 6.22. The minimum atomic E-state index is -4.45. The van der Waals surface area contributed by atoms with Gasteiger partial charge in [0.2, 0.25) is 0 Å². The van der Waals surface area contributed by atoms with Gasteiger partial charge in [0.05, 0.1) is 38.1 Å². The van der Waals surface area contributed by atoms with Gasteiger partial charge >= 0.3 is 6.18 Å². The zero-order valence-electron chi connectivity index (χ0n) is 16.3. The van der Waals surface area contributed by atoms with Gasteiger partial charge in [0, 0.05) is 25.3 Å². The summed E-state index contributed by atoms with van der Waals surface area (Å²) in [5, 5.41) is 6.09. The minimum absolute atomic E-state index is 0.0915. The lowest BCUT2D eigenvalue weighted by Crippen LogP contribution is -2.37. The van der Waals surface area contributed by atoms with E-state index in [1.54, 1.807) is 18.4 Å². The van der Waals surface area contributed by atoms with Gasteiger partial charge in [-0.25, -0.2) is 4.99 Å². The fraction of sp³-hybridized carbons (Fsp3) is 0.450. The summed E-state index contributed by atoms with van der Waals surface area (Å²) in [6.45, 7) is 4.97. The highest BCUT2D eigenvalue weighted by Crippen LogP contribution is 2.35. The third-order valence-corrected chi connectivity index (χ3v) is 4.54. The van der Waals surface area contributed by atoms with Crippen molar-refractivity contribution in [3.63, 3.8) is 0 Å². The molecule has 2 heterocycles. The number of halogens is 3. The Morgan fingerprint density at radius 1 is 1.17 bits per heavy atom. The van der Waals surface area contributed by atoms with E-state index in [-0.39, 0.29) is 12.1 Å². The van der Waals surface area contributed by atoms with Gasteiger partial charge in [-0.05, 0) is 36.8 Å². The molecule has 1 fully saturated rings. The number of ether oxygens (including phenoxy) is 1. The Kier molecular flexibility index (Phi) is 7.03. The number of alkyl halides is 3. The van der Waals surface area contributed by atoms with Gasteiger partial charge in [0.1, 0.15) is 5.76 Å². The molecule has 1 aromatic carbocycles. The van der Waals surface area contributed by atoms with Gasteiger partial charge in [0.25, 0.3) is 0 Å². The van der Waals surface area contributed by atoms with E-state index < -0.39 is 11.7 Å². The van der Waals surface area contributed by atoms with Crippen LogP contribution in [-0.2, 0) is 24.0 Å². The lowest BCUT2D eigenvalue weighted by Gasteiger charge is -2.29. The predicted molar refractivity (Wildman–Crippen MR) is 105 cm³/mol. The van der Waals surface area contributed by atoms with Crippen molar-refractivity contribution in [1.82, 2.24) is 10.6 Å². The molecule has 9 heteroatoms. The summed E-state index contributed by atoms with van der Waals surface area (Å²) in [6, 6.07) is 8.01. The zero-order valence-corrected chi connectivity index (χ0v) is 16.3. The molecular formula is C20H25F3N4O2. The molecule has 1 aliphatic heterocycles. The van der Waals surface area contributed by atoms with Crippen LogP contribution in [0.25, 0.3) is 0 Å². The molecule has 0 bridgehead atoms. The minimum Gasteiger partial charge on any atom is -0.467 e. The Morgan fingerprint density at radius 2 is 1.97 bits per heavy atom. The summed E-state index contributed by atoms with van der Waals surface area (Å²) in [7, 11) is 0. The molecule has 0 atom stereocenters. The molecule has 0 amide bonds. The maximum atomic E-state index is 13.7. The van der Waals surface area contributed by atoms with E-state index in [0.717, 1.165) is 0 Å². The monoisotopic (exact) mass is 410 g/mol. The van der Waals surface area contributed by atoms with E-state index in [0.29, 0.717) is 56.8 Å². The molecule has 0 aliphatic carbocycles. The number of anilines is 1. The van der Waals surface area contributed by atoms with Gasteiger partial charge in [-0.1, -0.05) is 6.07 Å². The summed E-state index contributed by atoms with van der Waals surface area (Å²) >= 11 is 0. The van der Waals surface area contributed by atoms with Crippen LogP contribution in [0.15, 0.2) is 46.0 Å². The van der Waals surface area contributed by atoms with E-state index in [1.165, 1.54) is 12.1 Å². The smallest absolute Gasteiger partial charge is 0.416 e. The van der Waals surface area contributed by atoms with Crippen molar-refractivity contribution >= 4 is 11.6 Å². The zero-order chi connectivity index (χ0) is 20.7. The average Bonchev–Trinajstić information content (AvgIpc) is 3.23. The summed E-state index contributed by atoms with van der Waals surface area (Å²) in [5.74, 6) is 1.13. The van der Waals surface area contributed by atoms with E-state index in [2.05, 4.69) is 15.6 Å². The van der Waals surface area contributed by atoms with Crippen molar-refractivity contribution in [2.24, 2.45) is 4.99 Å². The Hall–Kier alpha value is -2.68. The molecule has 2 N–H and O–H groups in total. The average molecular weight is 410 g/mol. The number of furan rings is 1. The molecular weight excluding hydrogens is 385 g/mol. The fourth-order valence-corrected chi connectivity index (χ4v) is 3.07. The van der Waals surface area contributed by atoms with Gasteiger partial charge in [-0.3, -0.25) is 0 Å². The summed E-state index contributed by atoms with van der Waals surface area (Å²) in [6.07, 6.45) is -2.89. The van der Waals surface area contributed by atoms with Crippen molar-refractivity contribution in [2.75, 3.05) is 37.7 Å². The molecule has 0 radical (unpaired) electrons. The van der Waals surface area contributed by atoms with Gasteiger partial charge in [-0.2, -0.15) is 13.2 Å². The summed E-state index contributed by atoms with van der Waals surface area (Å²) < 4.78 is 51.5. The van der Waals surface area contributed by atoms with Crippen LogP contribution in [0, 0.1) is 0 Å². The van der Waals surface area contributed by atoms with Crippen LogP contribution < -0.4 is 15.5 Å². The Balaban J connectivity index is 1.77. The third-order valence-electron chi connectivity index (χ3n) is 4.54. The largest absolute Gasteiger partial charge is 0.467 e. The molecule has 0 unspecified atom stereocenters. The van der Waals surface area contributed by atoms with E-state index in [9.17, 15) is 13.2 Å². The highest BCUT2D eigenvalue weighted by Gasteiger charge is 2.34. The summed E-state index contributed by atoms with van der Waals surface area (Å²) in [5.41, 5.74) is 0.0213. The first-order valence-electron chi connectivity index (χ1n) is 9.54. The Bertz CT molecular complexity index is 801. The SMILES string of the molecule is CCNC(=NCc1ccc(N2CCOCC2)cc1C(F)(F)F)NCc1ccco1. The Labute approximate surface area is 167 Å². The molecule has 1 saturated heterocycles. The number of guanidine groups is 1. The molecule has 29 heavy (non-hydrogen) atoms. The fourth-order valence-electron chi connectivity index (χ4n) is 3.07. The van der Waals surface area contributed by atoms with Crippen molar-refractivity contribution < 1.29 is 22.3 Å². The maximum Gasteiger partial charge on any atom is 0.416 e. The van der Waals surface area contributed by atoms with Crippen LogP contribution in [0.2, 0.25) is 0 Å². The topological polar surface area (TPSA) is 62.0 Å². The highest BCUT2D eigenvalue weighted by molar-refractivity contribution is 5.79. The highest BCUT2D eigenvalue weighted by atomic mass is 19.4. The van der Waals surface area contributed by atoms with Crippen molar-refractivity contribution in [3.05, 3.63) is 53.5 Å². The van der Waals surface area contributed by atoms with E-state index >= 15 is 0 Å². The second-order valence-electron chi connectivity index (χ2n) is 6.57. The number of nitrogens with one attached hydrogen (secondary N) is 2. The molecule has 0 spiro atoms. The molecule has 1 aromatic heterocycles. The van der Waals surface area contributed by atoms with Crippen LogP contribution in [0.1, 0.15) is 23.8 Å². The number of morpholine rings is 1. The Morgan fingerprint density at radius 3 is 2.62 bits per heavy atom. The molecule has 0 saturated carbocycles. The number of hydrogen-bond donors (Lipinski definition) is 2. The number of hydrogen-bond acceptors (Lipinski definition) is 4. The van der Waals surface area contributed by atoms with Gasteiger partial charge in [-0.15, -0.1) is 0 Å². The third kappa shape index (κ3) is 5.90. The second-order valence-corrected chi connectivity index (χ2v) is 6.57. The quantitative estimate of drug-likeness (QED) is 0.565. The molecule has 2 aromatic rings. The van der Waals surface area contributed by atoms with Crippen molar-refractivity contribution in [1.29, 1.82) is 0 Å². The van der Waals surface area contributed by atoms with Gasteiger partial charge in [0.15, 0.2) is 5.96 Å². The van der Waals surface area contributed by atoms with Crippen molar-refractivity contribution in [2.45, 2.75) is 26.2 Å². The van der Waals surface area contributed by atoms with Crippen LogP contribution in [-0.4, -0.2) is 38.8 Å². The number of benzene rings is 1. The normalized spacial score (nSPS) is 15.4. The second kappa shape index (κ2) is 9.69. The van der Waals surface area contributed by atoms with Gasteiger partial charge < -0.3 is 24.7 Å². The predicted octanol–water partition coefficient (Wildman–Crippen LogP) is 3.39. The molecule has 158 valence electrons. The standard InChI is InChI=1S/C20H25F3N4O2/c1-2-24-19(26-14-17-4-3-9-29-17)25-13-15-5-6-16(12-18(15)20(21,22)23)27-7-10-28-11-8-27/h3-6,9,12H,2,7-8,10-11,13-14H2,1H3,(H2,24,25,26). The lowest BCUT2D eigenvalue weighted by atomic mass is 10.1. The number of aliphatic imine (C=N–C) groups is 1. The van der Waals surface area contributed by atoms with E-state index in [1.807, 2.05) is 17.9 Å². The first kappa shape index (κ1) is 21.0. The molecule has 3 rings (SSSR count). The van der Waals surface area contributed by atoms with Crippen LogP contribution in [0.4, 0.5) is 18.9 Å². The lowest BCUT2D eigenvalue weighted by molar-refractivity contribution is -0.138. The van der Waals surface area contributed by atoms with Crippen LogP contribution in [0.3, 0.4) is 0 Å². The number of nitrogens with zero attached hydrogens (tertiary/aromatic N) is 2. The maximum absolute atomic E-state index is 13.7. The van der Waals surface area contributed by atoms with Crippen LogP contribution >= 0.6 is 0 Å². The van der Waals surface area contributed by atoms with Crippen LogP contribution in [0.5, 0.6) is 0 Å². The van der Waals surface area contributed by atoms with E-state index in [4.69, 9.17) is 9.15 Å².